The van der Waals surface area contributed by atoms with Gasteiger partial charge in [0.25, 0.3) is 0 Å². The smallest absolute Gasteiger partial charge is 0.245 e. The quantitative estimate of drug-likeness (QED) is 0.834. The van der Waals surface area contributed by atoms with Crippen LogP contribution in [0.2, 0.25) is 0 Å². The number of benzene rings is 1. The molecule has 3 rings (SSSR count). The van der Waals surface area contributed by atoms with Gasteiger partial charge in [0, 0.05) is 45.3 Å². The molecule has 2 amide bonds. The summed E-state index contributed by atoms with van der Waals surface area (Å²) in [7, 11) is 0. The van der Waals surface area contributed by atoms with Gasteiger partial charge < -0.3 is 14.7 Å². The molecule has 0 saturated carbocycles. The highest BCUT2D eigenvalue weighted by Crippen LogP contribution is 2.23. The van der Waals surface area contributed by atoms with E-state index in [1.54, 1.807) is 11.8 Å². The third kappa shape index (κ3) is 3.40. The fourth-order valence-electron chi connectivity index (χ4n) is 3.91. The predicted octanol–water partition coefficient (Wildman–Crippen LogP) is 2.04. The zero-order valence-electron chi connectivity index (χ0n) is 14.7. The molecule has 24 heavy (non-hydrogen) atoms. The molecule has 2 saturated heterocycles. The summed E-state index contributed by atoms with van der Waals surface area (Å²) in [6.07, 6.45) is 2.70. The number of hydrogen-bond donors (Lipinski definition) is 0. The topological polar surface area (TPSA) is 43.9 Å². The molecule has 1 atom stereocenters. The van der Waals surface area contributed by atoms with Gasteiger partial charge in [-0.15, -0.1) is 0 Å². The van der Waals surface area contributed by atoms with Crippen LogP contribution in [0.25, 0.3) is 0 Å². The Hall–Kier alpha value is -2.04. The first-order chi connectivity index (χ1) is 11.6. The van der Waals surface area contributed by atoms with Crippen molar-refractivity contribution in [3.63, 3.8) is 0 Å². The number of nitrogens with zero attached hydrogens (tertiary/aromatic N) is 3. The van der Waals surface area contributed by atoms with Crippen LogP contribution in [0.3, 0.4) is 0 Å². The average Bonchev–Trinajstić information content (AvgIpc) is 2.94. The van der Waals surface area contributed by atoms with E-state index < -0.39 is 0 Å². The minimum absolute atomic E-state index is 0.0159. The number of para-hydroxylation sites is 1. The van der Waals surface area contributed by atoms with Crippen LogP contribution in [-0.4, -0.2) is 60.4 Å². The van der Waals surface area contributed by atoms with Gasteiger partial charge in [-0.05, 0) is 37.8 Å². The number of hydrogen-bond acceptors (Lipinski definition) is 3. The van der Waals surface area contributed by atoms with Gasteiger partial charge in [0.05, 0.1) is 0 Å². The highest BCUT2D eigenvalue weighted by Gasteiger charge is 2.35. The van der Waals surface area contributed by atoms with Gasteiger partial charge >= 0.3 is 0 Å². The summed E-state index contributed by atoms with van der Waals surface area (Å²) in [4.78, 5) is 30.7. The normalized spacial score (nSPS) is 21.8. The van der Waals surface area contributed by atoms with Gasteiger partial charge in [0.1, 0.15) is 6.04 Å². The number of rotatable bonds is 2. The van der Waals surface area contributed by atoms with E-state index in [0.717, 1.165) is 52.0 Å². The Bertz CT molecular complexity index is 616. The van der Waals surface area contributed by atoms with Crippen LogP contribution in [-0.2, 0) is 9.59 Å². The fourth-order valence-corrected chi connectivity index (χ4v) is 3.91. The molecule has 1 aromatic carbocycles. The highest BCUT2D eigenvalue weighted by atomic mass is 16.2. The first-order valence-corrected chi connectivity index (χ1v) is 8.94. The molecule has 5 nitrogen and oxygen atoms in total. The maximum atomic E-state index is 12.9. The Kier molecular flexibility index (Phi) is 5.07. The summed E-state index contributed by atoms with van der Waals surface area (Å²) >= 11 is 0. The molecule has 2 fully saturated rings. The molecule has 0 aliphatic carbocycles. The summed E-state index contributed by atoms with van der Waals surface area (Å²) in [5.74, 6) is 0.150. The number of amides is 2. The van der Waals surface area contributed by atoms with Gasteiger partial charge in [-0.25, -0.2) is 0 Å². The molecular weight excluding hydrogens is 302 g/mol. The third-order valence-electron chi connectivity index (χ3n) is 5.21. The maximum Gasteiger partial charge on any atom is 0.245 e. The van der Waals surface area contributed by atoms with Crippen molar-refractivity contribution in [2.45, 2.75) is 39.2 Å². The van der Waals surface area contributed by atoms with Crippen molar-refractivity contribution in [3.8, 4) is 0 Å². The van der Waals surface area contributed by atoms with Crippen molar-refractivity contribution in [2.75, 3.05) is 37.6 Å². The van der Waals surface area contributed by atoms with Crippen molar-refractivity contribution in [1.82, 2.24) is 9.80 Å². The van der Waals surface area contributed by atoms with E-state index in [2.05, 4.69) is 36.1 Å². The van der Waals surface area contributed by atoms with E-state index in [0.29, 0.717) is 0 Å². The molecule has 0 radical (unpaired) electrons. The molecule has 0 unspecified atom stereocenters. The lowest BCUT2D eigenvalue weighted by Crippen LogP contribution is -2.48. The van der Waals surface area contributed by atoms with Crippen LogP contribution in [0.15, 0.2) is 24.3 Å². The summed E-state index contributed by atoms with van der Waals surface area (Å²) in [5.41, 5.74) is 2.54. The van der Waals surface area contributed by atoms with Gasteiger partial charge in [-0.2, -0.15) is 0 Å². The van der Waals surface area contributed by atoms with E-state index in [4.69, 9.17) is 0 Å². The summed E-state index contributed by atoms with van der Waals surface area (Å²) in [6, 6.07) is 8.17. The molecule has 1 aromatic rings. The van der Waals surface area contributed by atoms with Crippen LogP contribution >= 0.6 is 0 Å². The largest absolute Gasteiger partial charge is 0.369 e. The number of carbonyl (C=O) groups excluding carboxylic acids is 2. The molecular formula is C19H27N3O2. The Morgan fingerprint density at radius 3 is 2.54 bits per heavy atom. The van der Waals surface area contributed by atoms with Crippen LogP contribution in [0.5, 0.6) is 0 Å². The Morgan fingerprint density at radius 1 is 1.00 bits per heavy atom. The zero-order chi connectivity index (χ0) is 17.1. The third-order valence-corrected chi connectivity index (χ3v) is 5.21. The molecule has 2 aliphatic rings. The van der Waals surface area contributed by atoms with Crippen molar-refractivity contribution >= 4 is 17.5 Å². The second kappa shape index (κ2) is 7.24. The van der Waals surface area contributed by atoms with E-state index in [1.807, 2.05) is 4.90 Å². The van der Waals surface area contributed by atoms with E-state index in [9.17, 15) is 9.59 Å². The Balaban J connectivity index is 1.66. The molecule has 2 aliphatic heterocycles. The standard InChI is InChI=1S/C19H27N3O2/c1-15-7-3-4-8-17(15)20-10-6-11-21(14-13-20)19(24)18-9-5-12-22(18)16(2)23/h3-4,7-8,18H,5-6,9-14H2,1-2H3/t18-/m0/s1. The second-order valence-corrected chi connectivity index (χ2v) is 6.82. The lowest BCUT2D eigenvalue weighted by atomic mass is 10.2. The number of likely N-dealkylation sites (tertiary alicyclic amines) is 1. The van der Waals surface area contributed by atoms with Gasteiger partial charge in [0.2, 0.25) is 11.8 Å². The minimum atomic E-state index is -0.243. The summed E-state index contributed by atoms with van der Waals surface area (Å²) in [5, 5.41) is 0. The van der Waals surface area contributed by atoms with E-state index >= 15 is 0 Å². The number of carbonyl (C=O) groups is 2. The number of anilines is 1. The van der Waals surface area contributed by atoms with Crippen molar-refractivity contribution in [1.29, 1.82) is 0 Å². The predicted molar refractivity (Wildman–Crippen MR) is 95.0 cm³/mol. The van der Waals surface area contributed by atoms with E-state index in [-0.39, 0.29) is 17.9 Å². The molecule has 5 heteroatoms. The second-order valence-electron chi connectivity index (χ2n) is 6.82. The Morgan fingerprint density at radius 2 is 1.79 bits per heavy atom. The lowest BCUT2D eigenvalue weighted by molar-refractivity contribution is -0.142. The van der Waals surface area contributed by atoms with Gasteiger partial charge in [-0.3, -0.25) is 9.59 Å². The van der Waals surface area contributed by atoms with Gasteiger partial charge in [0.15, 0.2) is 0 Å². The lowest BCUT2D eigenvalue weighted by Gasteiger charge is -2.29. The minimum Gasteiger partial charge on any atom is -0.369 e. The molecule has 0 spiro atoms. The van der Waals surface area contributed by atoms with E-state index in [1.165, 1.54) is 11.3 Å². The Labute approximate surface area is 144 Å². The van der Waals surface area contributed by atoms with Crippen molar-refractivity contribution in [3.05, 3.63) is 29.8 Å². The maximum absolute atomic E-state index is 12.9. The average molecular weight is 329 g/mol. The molecule has 0 aromatic heterocycles. The first kappa shape index (κ1) is 16.8. The molecule has 0 bridgehead atoms. The molecule has 0 N–H and O–H groups in total. The van der Waals surface area contributed by atoms with Crippen LogP contribution in [0, 0.1) is 6.92 Å². The summed E-state index contributed by atoms with van der Waals surface area (Å²) in [6.45, 7) is 7.74. The van der Waals surface area contributed by atoms with Crippen molar-refractivity contribution < 1.29 is 9.59 Å². The SMILES string of the molecule is CC(=O)N1CCC[C@H]1C(=O)N1CCCN(c2ccccc2C)CC1. The zero-order valence-corrected chi connectivity index (χ0v) is 14.7. The van der Waals surface area contributed by atoms with Crippen LogP contribution in [0.1, 0.15) is 31.7 Å². The summed E-state index contributed by atoms with van der Waals surface area (Å²) < 4.78 is 0. The highest BCUT2D eigenvalue weighted by molar-refractivity contribution is 5.87. The fraction of sp³-hybridized carbons (Fsp3) is 0.579. The first-order valence-electron chi connectivity index (χ1n) is 8.94. The van der Waals surface area contributed by atoms with Crippen LogP contribution in [0.4, 0.5) is 5.69 Å². The van der Waals surface area contributed by atoms with Crippen LogP contribution < -0.4 is 4.90 Å². The molecule has 130 valence electrons. The van der Waals surface area contributed by atoms with Gasteiger partial charge in [-0.1, -0.05) is 18.2 Å². The number of aryl methyl sites for hydroxylation is 1. The monoisotopic (exact) mass is 329 g/mol. The van der Waals surface area contributed by atoms with Crippen molar-refractivity contribution in [2.24, 2.45) is 0 Å². The molecule has 2 heterocycles.